The molecule has 1 fully saturated rings. The lowest BCUT2D eigenvalue weighted by Crippen LogP contribution is -2.40. The molecule has 5 nitrogen and oxygen atoms in total. The third-order valence-electron chi connectivity index (χ3n) is 4.54. The molecule has 1 aliphatic heterocycles. The van der Waals surface area contributed by atoms with E-state index in [-0.39, 0.29) is 17.8 Å². The van der Waals surface area contributed by atoms with Gasteiger partial charge in [0, 0.05) is 41.4 Å². The number of halogens is 1. The van der Waals surface area contributed by atoms with Gasteiger partial charge in [0.25, 0.3) is 0 Å². The van der Waals surface area contributed by atoms with Crippen molar-refractivity contribution in [1.29, 1.82) is 0 Å². The van der Waals surface area contributed by atoms with Gasteiger partial charge in [-0.2, -0.15) is 0 Å². The van der Waals surface area contributed by atoms with Gasteiger partial charge in [-0.3, -0.25) is 4.79 Å². The molecule has 1 amide bonds. The van der Waals surface area contributed by atoms with Crippen molar-refractivity contribution in [2.24, 2.45) is 0 Å². The van der Waals surface area contributed by atoms with E-state index >= 15 is 0 Å². The number of ether oxygens (including phenoxy) is 1. The van der Waals surface area contributed by atoms with Gasteiger partial charge in [-0.15, -0.1) is 0 Å². The van der Waals surface area contributed by atoms with Crippen LogP contribution in [-0.2, 0) is 9.53 Å². The topological polar surface area (TPSA) is 66.2 Å². The Morgan fingerprint density at radius 2 is 2.08 bits per heavy atom. The van der Waals surface area contributed by atoms with Gasteiger partial charge in [-0.05, 0) is 35.9 Å². The molecule has 1 unspecified atom stereocenters. The molecule has 4 rings (SSSR count). The highest BCUT2D eigenvalue weighted by Gasteiger charge is 2.17. The maximum atomic E-state index is 13.3. The third-order valence-corrected chi connectivity index (χ3v) is 4.54. The van der Waals surface area contributed by atoms with Crippen LogP contribution >= 0.6 is 0 Å². The van der Waals surface area contributed by atoms with Crippen molar-refractivity contribution in [2.45, 2.75) is 12.5 Å². The number of nitrogens with one attached hydrogen (secondary N) is 3. The van der Waals surface area contributed by atoms with Crippen LogP contribution in [0, 0.1) is 5.82 Å². The van der Waals surface area contributed by atoms with Crippen LogP contribution in [0.3, 0.4) is 0 Å². The maximum absolute atomic E-state index is 13.3. The summed E-state index contributed by atoms with van der Waals surface area (Å²) < 4.78 is 18.9. The zero-order valence-electron chi connectivity index (χ0n) is 14.2. The van der Waals surface area contributed by atoms with Crippen molar-refractivity contribution in [3.05, 3.63) is 54.5 Å². The fourth-order valence-corrected chi connectivity index (χ4v) is 3.24. The first-order chi connectivity index (χ1) is 12.7. The molecule has 1 aromatic heterocycles. The lowest BCUT2D eigenvalue weighted by molar-refractivity contribution is -0.119. The monoisotopic (exact) mass is 353 g/mol. The molecule has 0 saturated carbocycles. The first-order valence-electron chi connectivity index (χ1n) is 8.68. The number of H-pyrrole nitrogens is 1. The summed E-state index contributed by atoms with van der Waals surface area (Å²) in [6, 6.07) is 12.3. The van der Waals surface area contributed by atoms with E-state index in [1.807, 2.05) is 30.5 Å². The van der Waals surface area contributed by atoms with Crippen LogP contribution in [-0.4, -0.2) is 36.7 Å². The Labute approximate surface area is 150 Å². The highest BCUT2D eigenvalue weighted by Crippen LogP contribution is 2.29. The fourth-order valence-electron chi connectivity index (χ4n) is 3.24. The Kier molecular flexibility index (Phi) is 4.69. The number of hydrogen-bond donors (Lipinski definition) is 3. The van der Waals surface area contributed by atoms with E-state index in [1.165, 1.54) is 12.1 Å². The van der Waals surface area contributed by atoms with Gasteiger partial charge in [0.05, 0.1) is 19.1 Å². The number of carbonyl (C=O) groups excluding carboxylic acids is 1. The molecule has 26 heavy (non-hydrogen) atoms. The predicted molar refractivity (Wildman–Crippen MR) is 99.5 cm³/mol. The van der Waals surface area contributed by atoms with E-state index in [2.05, 4.69) is 15.6 Å². The molecule has 134 valence electrons. The Bertz CT molecular complexity index is 914. The van der Waals surface area contributed by atoms with Crippen LogP contribution in [0.4, 0.5) is 10.1 Å². The summed E-state index contributed by atoms with van der Waals surface area (Å²) in [5.41, 5.74) is 3.51. The standard InChI is InChI=1S/C20H20FN3O2/c21-14-3-6-17-18(12-23-19(17)9-14)13-1-4-15(5-2-13)24-20(25)10-16-11-22-7-8-26-16/h1-6,9,12,16,22-23H,7-8,10-11H2,(H,24,25). The Hall–Kier alpha value is -2.70. The highest BCUT2D eigenvalue weighted by molar-refractivity contribution is 5.96. The summed E-state index contributed by atoms with van der Waals surface area (Å²) in [5.74, 6) is -0.324. The van der Waals surface area contributed by atoms with Gasteiger partial charge in [-0.1, -0.05) is 12.1 Å². The first kappa shape index (κ1) is 16.8. The predicted octanol–water partition coefficient (Wildman–Crippen LogP) is 3.29. The number of aromatic nitrogens is 1. The molecule has 1 saturated heterocycles. The van der Waals surface area contributed by atoms with Crippen molar-refractivity contribution in [3.8, 4) is 11.1 Å². The Morgan fingerprint density at radius 3 is 2.85 bits per heavy atom. The van der Waals surface area contributed by atoms with E-state index < -0.39 is 0 Å². The number of carbonyl (C=O) groups is 1. The van der Waals surface area contributed by atoms with Crippen LogP contribution in [0.5, 0.6) is 0 Å². The SMILES string of the molecule is O=C(CC1CNCCO1)Nc1ccc(-c2c[nH]c3cc(F)ccc23)cc1. The zero-order chi connectivity index (χ0) is 17.9. The molecule has 0 spiro atoms. The number of amides is 1. The number of aromatic amines is 1. The molecular weight excluding hydrogens is 333 g/mol. The third kappa shape index (κ3) is 3.61. The second-order valence-corrected chi connectivity index (χ2v) is 6.42. The number of fused-ring (bicyclic) bond motifs is 1. The molecular formula is C20H20FN3O2. The summed E-state index contributed by atoms with van der Waals surface area (Å²) in [6.45, 7) is 2.18. The molecule has 0 bridgehead atoms. The van der Waals surface area contributed by atoms with E-state index in [0.29, 0.717) is 19.6 Å². The average molecular weight is 353 g/mol. The Balaban J connectivity index is 1.45. The van der Waals surface area contributed by atoms with Gasteiger partial charge in [0.15, 0.2) is 0 Å². The van der Waals surface area contributed by atoms with Crippen LogP contribution in [0.2, 0.25) is 0 Å². The summed E-state index contributed by atoms with van der Waals surface area (Å²) in [4.78, 5) is 15.2. The minimum absolute atomic E-state index is 0.0611. The molecule has 3 N–H and O–H groups in total. The normalized spacial score (nSPS) is 17.3. The maximum Gasteiger partial charge on any atom is 0.227 e. The molecule has 6 heteroatoms. The largest absolute Gasteiger partial charge is 0.375 e. The van der Waals surface area contributed by atoms with Crippen molar-refractivity contribution >= 4 is 22.5 Å². The fraction of sp³-hybridized carbons (Fsp3) is 0.250. The molecule has 2 aromatic carbocycles. The number of hydrogen-bond acceptors (Lipinski definition) is 3. The van der Waals surface area contributed by atoms with E-state index in [9.17, 15) is 9.18 Å². The zero-order valence-corrected chi connectivity index (χ0v) is 14.2. The number of rotatable bonds is 4. The average Bonchev–Trinajstić information content (AvgIpc) is 3.06. The lowest BCUT2D eigenvalue weighted by Gasteiger charge is -2.23. The van der Waals surface area contributed by atoms with Crippen LogP contribution in [0.25, 0.3) is 22.0 Å². The van der Waals surface area contributed by atoms with Crippen LogP contribution in [0.15, 0.2) is 48.7 Å². The van der Waals surface area contributed by atoms with E-state index in [4.69, 9.17) is 4.74 Å². The van der Waals surface area contributed by atoms with E-state index in [0.717, 1.165) is 34.3 Å². The van der Waals surface area contributed by atoms with Crippen molar-refractivity contribution in [3.63, 3.8) is 0 Å². The van der Waals surface area contributed by atoms with Crippen LogP contribution < -0.4 is 10.6 Å². The quantitative estimate of drug-likeness (QED) is 0.674. The van der Waals surface area contributed by atoms with Crippen LogP contribution in [0.1, 0.15) is 6.42 Å². The molecule has 0 radical (unpaired) electrons. The van der Waals surface area contributed by atoms with Crippen molar-refractivity contribution < 1.29 is 13.9 Å². The van der Waals surface area contributed by atoms with Gasteiger partial charge in [0.1, 0.15) is 5.82 Å². The number of anilines is 1. The van der Waals surface area contributed by atoms with Gasteiger partial charge in [-0.25, -0.2) is 4.39 Å². The smallest absolute Gasteiger partial charge is 0.227 e. The van der Waals surface area contributed by atoms with Gasteiger partial charge >= 0.3 is 0 Å². The lowest BCUT2D eigenvalue weighted by atomic mass is 10.0. The molecule has 1 aliphatic rings. The van der Waals surface area contributed by atoms with Crippen molar-refractivity contribution in [2.75, 3.05) is 25.0 Å². The first-order valence-corrected chi connectivity index (χ1v) is 8.68. The summed E-state index contributed by atoms with van der Waals surface area (Å²) in [6.07, 6.45) is 2.13. The van der Waals surface area contributed by atoms with E-state index in [1.54, 1.807) is 6.07 Å². The summed E-state index contributed by atoms with van der Waals surface area (Å²) in [7, 11) is 0. The molecule has 1 atom stereocenters. The number of benzene rings is 2. The molecule has 3 aromatic rings. The molecule has 0 aliphatic carbocycles. The molecule has 2 heterocycles. The Morgan fingerprint density at radius 1 is 1.23 bits per heavy atom. The second kappa shape index (κ2) is 7.27. The van der Waals surface area contributed by atoms with Gasteiger partial charge in [0.2, 0.25) is 5.91 Å². The van der Waals surface area contributed by atoms with Gasteiger partial charge < -0.3 is 20.4 Å². The number of morpholine rings is 1. The summed E-state index contributed by atoms with van der Waals surface area (Å²) in [5, 5.41) is 7.08. The van der Waals surface area contributed by atoms with Crippen molar-refractivity contribution in [1.82, 2.24) is 10.3 Å². The summed E-state index contributed by atoms with van der Waals surface area (Å²) >= 11 is 0. The minimum Gasteiger partial charge on any atom is -0.375 e. The highest BCUT2D eigenvalue weighted by atomic mass is 19.1. The minimum atomic E-state index is -0.263. The second-order valence-electron chi connectivity index (χ2n) is 6.42.